The molecule has 3 rings (SSSR count). The molecule has 3 aromatic rings. The van der Waals surface area contributed by atoms with E-state index in [1.165, 1.54) is 23.5 Å². The minimum Gasteiger partial charge on any atom is -0.348 e. The first-order valence-corrected chi connectivity index (χ1v) is 10.8. The SMILES string of the molecule is Cc1ccc(S(=O)(=O)N(C)Cc2ccc(C(=O)NCc3cccc(F)c3)cc2)cc1. The molecule has 0 aliphatic heterocycles. The lowest BCUT2D eigenvalue weighted by atomic mass is 10.1. The molecule has 0 unspecified atom stereocenters. The smallest absolute Gasteiger partial charge is 0.251 e. The van der Waals surface area contributed by atoms with Crippen molar-refractivity contribution in [3.63, 3.8) is 0 Å². The lowest BCUT2D eigenvalue weighted by Gasteiger charge is -2.17. The van der Waals surface area contributed by atoms with Gasteiger partial charge >= 0.3 is 0 Å². The van der Waals surface area contributed by atoms with Crippen LogP contribution in [-0.4, -0.2) is 25.7 Å². The van der Waals surface area contributed by atoms with Crippen LogP contribution in [0.25, 0.3) is 0 Å². The fourth-order valence-corrected chi connectivity index (χ4v) is 4.08. The van der Waals surface area contributed by atoms with Gasteiger partial charge in [-0.15, -0.1) is 0 Å². The van der Waals surface area contributed by atoms with Crippen LogP contribution in [0, 0.1) is 12.7 Å². The number of carbonyl (C=O) groups is 1. The summed E-state index contributed by atoms with van der Waals surface area (Å²) >= 11 is 0. The molecule has 3 aromatic carbocycles. The Kier molecular flexibility index (Phi) is 6.64. The van der Waals surface area contributed by atoms with E-state index in [0.29, 0.717) is 11.1 Å². The van der Waals surface area contributed by atoms with Crippen molar-refractivity contribution in [2.24, 2.45) is 0 Å². The predicted molar refractivity (Wildman–Crippen MR) is 114 cm³/mol. The van der Waals surface area contributed by atoms with Crippen LogP contribution in [0.5, 0.6) is 0 Å². The van der Waals surface area contributed by atoms with Gasteiger partial charge in [-0.2, -0.15) is 4.31 Å². The molecule has 7 heteroatoms. The molecule has 0 aliphatic carbocycles. The van der Waals surface area contributed by atoms with Gasteiger partial charge in [-0.05, 0) is 54.4 Å². The molecule has 0 fully saturated rings. The molecule has 0 aromatic heterocycles. The number of rotatable bonds is 7. The van der Waals surface area contributed by atoms with Crippen molar-refractivity contribution < 1.29 is 17.6 Å². The van der Waals surface area contributed by atoms with Crippen molar-refractivity contribution in [3.8, 4) is 0 Å². The van der Waals surface area contributed by atoms with Gasteiger partial charge in [0, 0.05) is 25.7 Å². The summed E-state index contributed by atoms with van der Waals surface area (Å²) < 4.78 is 39.9. The molecular weight excluding hydrogens is 403 g/mol. The van der Waals surface area contributed by atoms with Crippen LogP contribution in [0.15, 0.2) is 77.7 Å². The van der Waals surface area contributed by atoms with Crippen molar-refractivity contribution in [1.29, 1.82) is 0 Å². The highest BCUT2D eigenvalue weighted by Crippen LogP contribution is 2.18. The first kappa shape index (κ1) is 21.7. The van der Waals surface area contributed by atoms with E-state index in [9.17, 15) is 17.6 Å². The number of halogens is 1. The Morgan fingerprint density at radius 1 is 0.967 bits per heavy atom. The Bertz CT molecular complexity index is 1130. The maximum Gasteiger partial charge on any atom is 0.251 e. The topological polar surface area (TPSA) is 66.5 Å². The van der Waals surface area contributed by atoms with Crippen LogP contribution < -0.4 is 5.32 Å². The average molecular weight is 427 g/mol. The van der Waals surface area contributed by atoms with Crippen molar-refractivity contribution >= 4 is 15.9 Å². The monoisotopic (exact) mass is 426 g/mol. The van der Waals surface area contributed by atoms with Crippen molar-refractivity contribution in [2.75, 3.05) is 7.05 Å². The Balaban J connectivity index is 1.62. The molecular formula is C23H23FN2O3S. The number of hydrogen-bond acceptors (Lipinski definition) is 3. The summed E-state index contributed by atoms with van der Waals surface area (Å²) in [5.41, 5.74) is 2.86. The zero-order valence-corrected chi connectivity index (χ0v) is 17.6. The van der Waals surface area contributed by atoms with Crippen molar-refractivity contribution in [3.05, 3.63) is 101 Å². The molecule has 0 atom stereocenters. The van der Waals surface area contributed by atoms with Crippen LogP contribution in [-0.2, 0) is 23.1 Å². The van der Waals surface area contributed by atoms with Gasteiger partial charge in [0.2, 0.25) is 10.0 Å². The summed E-state index contributed by atoms with van der Waals surface area (Å²) in [4.78, 5) is 12.5. The van der Waals surface area contributed by atoms with Gasteiger partial charge in [0.1, 0.15) is 5.82 Å². The van der Waals surface area contributed by atoms with E-state index in [-0.39, 0.29) is 29.7 Å². The molecule has 0 heterocycles. The molecule has 1 N–H and O–H groups in total. The van der Waals surface area contributed by atoms with Crippen LogP contribution in [0.1, 0.15) is 27.0 Å². The molecule has 156 valence electrons. The number of nitrogens with zero attached hydrogens (tertiary/aromatic N) is 1. The second kappa shape index (κ2) is 9.19. The summed E-state index contributed by atoms with van der Waals surface area (Å²) in [5.74, 6) is -0.637. The standard InChI is InChI=1S/C23H23FN2O3S/c1-17-6-12-22(13-7-17)30(28,29)26(2)16-18-8-10-20(11-9-18)23(27)25-15-19-4-3-5-21(24)14-19/h3-14H,15-16H2,1-2H3,(H,25,27). The largest absolute Gasteiger partial charge is 0.348 e. The zero-order chi connectivity index (χ0) is 21.7. The van der Waals surface area contributed by atoms with Gasteiger partial charge in [-0.25, -0.2) is 12.8 Å². The van der Waals surface area contributed by atoms with Crippen molar-refractivity contribution in [2.45, 2.75) is 24.9 Å². The molecule has 5 nitrogen and oxygen atoms in total. The molecule has 0 saturated heterocycles. The lowest BCUT2D eigenvalue weighted by molar-refractivity contribution is 0.0951. The maximum absolute atomic E-state index is 13.2. The number of amides is 1. The Morgan fingerprint density at radius 3 is 2.27 bits per heavy atom. The van der Waals surface area contributed by atoms with E-state index in [2.05, 4.69) is 5.32 Å². The molecule has 0 bridgehead atoms. The van der Waals surface area contributed by atoms with E-state index in [1.54, 1.807) is 60.7 Å². The molecule has 0 aliphatic rings. The minimum absolute atomic E-state index is 0.182. The lowest BCUT2D eigenvalue weighted by Crippen LogP contribution is -2.26. The first-order valence-electron chi connectivity index (χ1n) is 9.40. The molecule has 30 heavy (non-hydrogen) atoms. The van der Waals surface area contributed by atoms with Gasteiger partial charge in [-0.1, -0.05) is 42.0 Å². The van der Waals surface area contributed by atoms with E-state index in [1.807, 2.05) is 6.92 Å². The average Bonchev–Trinajstić information content (AvgIpc) is 2.73. The van der Waals surface area contributed by atoms with Crippen LogP contribution >= 0.6 is 0 Å². The third kappa shape index (κ3) is 5.31. The number of hydrogen-bond donors (Lipinski definition) is 1. The normalized spacial score (nSPS) is 11.5. The van der Waals surface area contributed by atoms with Crippen LogP contribution in [0.2, 0.25) is 0 Å². The van der Waals surface area contributed by atoms with Gasteiger partial charge in [0.15, 0.2) is 0 Å². The van der Waals surface area contributed by atoms with E-state index < -0.39 is 10.0 Å². The Morgan fingerprint density at radius 2 is 1.63 bits per heavy atom. The van der Waals surface area contributed by atoms with Crippen LogP contribution in [0.3, 0.4) is 0 Å². The number of benzene rings is 3. The molecule has 0 radical (unpaired) electrons. The molecule has 0 saturated carbocycles. The number of aryl methyl sites for hydroxylation is 1. The summed E-state index contributed by atoms with van der Waals surface area (Å²) in [6, 6.07) is 19.5. The van der Waals surface area contributed by atoms with Gasteiger partial charge < -0.3 is 5.32 Å². The minimum atomic E-state index is -3.60. The third-order valence-electron chi connectivity index (χ3n) is 4.69. The van der Waals surface area contributed by atoms with E-state index in [0.717, 1.165) is 11.1 Å². The maximum atomic E-state index is 13.2. The summed E-state index contributed by atoms with van der Waals surface area (Å²) in [7, 11) is -2.08. The highest BCUT2D eigenvalue weighted by Gasteiger charge is 2.20. The Labute approximate surface area is 176 Å². The fraction of sp³-hybridized carbons (Fsp3) is 0.174. The summed E-state index contributed by atoms with van der Waals surface area (Å²) in [6.07, 6.45) is 0. The second-order valence-electron chi connectivity index (χ2n) is 7.08. The highest BCUT2D eigenvalue weighted by atomic mass is 32.2. The number of nitrogens with one attached hydrogen (secondary N) is 1. The van der Waals surface area contributed by atoms with Crippen molar-refractivity contribution in [1.82, 2.24) is 9.62 Å². The van der Waals surface area contributed by atoms with Crippen LogP contribution in [0.4, 0.5) is 4.39 Å². The zero-order valence-electron chi connectivity index (χ0n) is 16.8. The molecule has 1 amide bonds. The molecule has 0 spiro atoms. The third-order valence-corrected chi connectivity index (χ3v) is 6.51. The van der Waals surface area contributed by atoms with Gasteiger partial charge in [0.25, 0.3) is 5.91 Å². The second-order valence-corrected chi connectivity index (χ2v) is 9.13. The quantitative estimate of drug-likeness (QED) is 0.623. The van der Waals surface area contributed by atoms with E-state index in [4.69, 9.17) is 0 Å². The first-order chi connectivity index (χ1) is 14.3. The number of carbonyl (C=O) groups excluding carboxylic acids is 1. The highest BCUT2D eigenvalue weighted by molar-refractivity contribution is 7.89. The summed E-state index contributed by atoms with van der Waals surface area (Å²) in [5, 5.41) is 2.74. The van der Waals surface area contributed by atoms with Gasteiger partial charge in [0.05, 0.1) is 4.90 Å². The fourth-order valence-electron chi connectivity index (χ4n) is 2.93. The van der Waals surface area contributed by atoms with Gasteiger partial charge in [-0.3, -0.25) is 4.79 Å². The Hall–Kier alpha value is -3.03. The number of sulfonamides is 1. The predicted octanol–water partition coefficient (Wildman–Crippen LogP) is 3.88. The summed E-state index contributed by atoms with van der Waals surface area (Å²) in [6.45, 7) is 2.30. The van der Waals surface area contributed by atoms with E-state index >= 15 is 0 Å².